The van der Waals surface area contributed by atoms with Crippen molar-refractivity contribution < 1.29 is 13.2 Å². The Morgan fingerprint density at radius 2 is 1.92 bits per heavy atom. The lowest BCUT2D eigenvalue weighted by molar-refractivity contribution is 0.0950. The highest BCUT2D eigenvalue weighted by molar-refractivity contribution is 7.89. The maximum atomic E-state index is 12.4. The number of carbonyl (C=O) groups is 1. The van der Waals surface area contributed by atoms with Crippen molar-refractivity contribution in [2.75, 3.05) is 0 Å². The number of nitrogens with two attached hydrogens (primary N) is 1. The third-order valence-corrected chi connectivity index (χ3v) is 4.75. The highest BCUT2D eigenvalue weighted by Gasteiger charge is 2.15. The zero-order valence-corrected chi connectivity index (χ0v) is 14.8. The van der Waals surface area contributed by atoms with E-state index >= 15 is 0 Å². The number of nitrogens with one attached hydrogen (secondary N) is 1. The molecule has 0 atom stereocenters. The zero-order chi connectivity index (χ0) is 18.7. The van der Waals surface area contributed by atoms with E-state index < -0.39 is 10.0 Å². The number of primary sulfonamides is 1. The van der Waals surface area contributed by atoms with E-state index in [1.165, 1.54) is 18.3 Å². The Morgan fingerprint density at radius 1 is 1.19 bits per heavy atom. The monoisotopic (exact) mass is 371 g/mol. The van der Waals surface area contributed by atoms with Crippen LogP contribution in [0.1, 0.15) is 21.6 Å². The first kappa shape index (κ1) is 17.8. The average molecular weight is 371 g/mol. The molecule has 0 aliphatic heterocycles. The maximum Gasteiger partial charge on any atom is 0.255 e. The Hall–Kier alpha value is -3.04. The van der Waals surface area contributed by atoms with Crippen LogP contribution in [0.25, 0.3) is 5.82 Å². The summed E-state index contributed by atoms with van der Waals surface area (Å²) in [7, 11) is -3.73. The number of amides is 1. The van der Waals surface area contributed by atoms with Crippen LogP contribution in [0.15, 0.2) is 59.8 Å². The summed E-state index contributed by atoms with van der Waals surface area (Å²) in [6, 6.07) is 11.5. The van der Waals surface area contributed by atoms with E-state index in [9.17, 15) is 13.2 Å². The van der Waals surface area contributed by atoms with Crippen LogP contribution in [-0.4, -0.2) is 29.1 Å². The summed E-state index contributed by atoms with van der Waals surface area (Å²) in [6.07, 6.45) is 3.14. The molecule has 0 aliphatic carbocycles. The molecule has 1 amide bonds. The Labute approximate surface area is 150 Å². The highest BCUT2D eigenvalue weighted by Crippen LogP contribution is 2.13. The first-order valence-electron chi connectivity index (χ1n) is 7.72. The van der Waals surface area contributed by atoms with Crippen molar-refractivity contribution >= 4 is 15.9 Å². The van der Waals surface area contributed by atoms with Gasteiger partial charge in [0.1, 0.15) is 0 Å². The molecule has 26 heavy (non-hydrogen) atoms. The van der Waals surface area contributed by atoms with E-state index in [-0.39, 0.29) is 17.3 Å². The fourth-order valence-electron chi connectivity index (χ4n) is 2.42. The van der Waals surface area contributed by atoms with Crippen molar-refractivity contribution in [2.45, 2.75) is 18.4 Å². The average Bonchev–Trinajstić information content (AvgIpc) is 3.01. The Balaban J connectivity index is 1.70. The fraction of sp³-hybridized carbons (Fsp3) is 0.118. The lowest BCUT2D eigenvalue weighted by Gasteiger charge is -2.07. The Bertz CT molecular complexity index is 1030. The maximum absolute atomic E-state index is 12.4. The number of carbonyl (C=O) groups excluding carboxylic acids is 1. The standard InChI is InChI=1S/C17H17N5O3S/c1-12-15(11-21-22(12)16-4-2-3-9-19-16)17(23)20-10-13-5-7-14(8-6-13)26(18,24)25/h2-9,11H,10H2,1H3,(H,20,23)(H2,18,24,25). The van der Waals surface area contributed by atoms with Gasteiger partial charge in [0.2, 0.25) is 10.0 Å². The minimum Gasteiger partial charge on any atom is -0.348 e. The SMILES string of the molecule is Cc1c(C(=O)NCc2ccc(S(N)(=O)=O)cc2)cnn1-c1ccccn1. The lowest BCUT2D eigenvalue weighted by Crippen LogP contribution is -2.23. The predicted octanol–water partition coefficient (Wildman–Crippen LogP) is 1.15. The van der Waals surface area contributed by atoms with E-state index in [0.717, 1.165) is 5.56 Å². The number of benzene rings is 1. The molecule has 0 aliphatic rings. The molecule has 0 radical (unpaired) electrons. The molecule has 0 spiro atoms. The first-order chi connectivity index (χ1) is 12.4. The van der Waals surface area contributed by atoms with Gasteiger partial charge in [-0.2, -0.15) is 5.10 Å². The Morgan fingerprint density at radius 3 is 2.54 bits per heavy atom. The van der Waals surface area contributed by atoms with Gasteiger partial charge in [-0.05, 0) is 36.8 Å². The molecule has 0 saturated carbocycles. The van der Waals surface area contributed by atoms with Gasteiger partial charge >= 0.3 is 0 Å². The molecule has 0 bridgehead atoms. The summed E-state index contributed by atoms with van der Waals surface area (Å²) in [5, 5.41) is 12.1. The van der Waals surface area contributed by atoms with Crippen molar-refractivity contribution in [1.82, 2.24) is 20.1 Å². The second-order valence-electron chi connectivity index (χ2n) is 5.62. The summed E-state index contributed by atoms with van der Waals surface area (Å²) in [4.78, 5) is 16.7. The molecule has 0 saturated heterocycles. The van der Waals surface area contributed by atoms with E-state index in [1.54, 1.807) is 42.1 Å². The molecule has 9 heteroatoms. The minimum atomic E-state index is -3.73. The molecule has 3 aromatic rings. The topological polar surface area (TPSA) is 120 Å². The van der Waals surface area contributed by atoms with Crippen LogP contribution in [0.3, 0.4) is 0 Å². The van der Waals surface area contributed by atoms with Gasteiger partial charge in [-0.25, -0.2) is 23.2 Å². The van der Waals surface area contributed by atoms with Crippen LogP contribution in [-0.2, 0) is 16.6 Å². The molecule has 0 unspecified atom stereocenters. The minimum absolute atomic E-state index is 0.0278. The second kappa shape index (κ2) is 7.06. The van der Waals surface area contributed by atoms with Gasteiger partial charge in [0.05, 0.1) is 22.3 Å². The van der Waals surface area contributed by atoms with Gasteiger partial charge in [0.15, 0.2) is 5.82 Å². The number of nitrogens with zero attached hydrogens (tertiary/aromatic N) is 3. The molecule has 2 heterocycles. The predicted molar refractivity (Wildman–Crippen MR) is 95.1 cm³/mol. The number of pyridine rings is 1. The molecular formula is C17H17N5O3S. The van der Waals surface area contributed by atoms with Gasteiger partial charge in [-0.1, -0.05) is 18.2 Å². The summed E-state index contributed by atoms with van der Waals surface area (Å²) in [5.74, 6) is 0.350. The van der Waals surface area contributed by atoms with Gasteiger partial charge in [-0.3, -0.25) is 4.79 Å². The first-order valence-corrected chi connectivity index (χ1v) is 9.27. The second-order valence-corrected chi connectivity index (χ2v) is 7.18. The largest absolute Gasteiger partial charge is 0.348 e. The van der Waals surface area contributed by atoms with Gasteiger partial charge < -0.3 is 5.32 Å². The summed E-state index contributed by atoms with van der Waals surface area (Å²) in [6.45, 7) is 2.04. The molecule has 3 N–H and O–H groups in total. The van der Waals surface area contributed by atoms with Crippen LogP contribution >= 0.6 is 0 Å². The number of hydrogen-bond acceptors (Lipinski definition) is 5. The molecule has 1 aromatic carbocycles. The van der Waals surface area contributed by atoms with Crippen molar-refractivity contribution in [3.05, 3.63) is 71.7 Å². The number of sulfonamides is 1. The fourth-order valence-corrected chi connectivity index (χ4v) is 2.93. The van der Waals surface area contributed by atoms with Crippen molar-refractivity contribution in [3.8, 4) is 5.82 Å². The van der Waals surface area contributed by atoms with Gasteiger partial charge in [0, 0.05) is 12.7 Å². The van der Waals surface area contributed by atoms with Crippen LogP contribution < -0.4 is 10.5 Å². The Kier molecular flexibility index (Phi) is 4.83. The number of hydrogen-bond donors (Lipinski definition) is 2. The molecule has 134 valence electrons. The van der Waals surface area contributed by atoms with E-state index in [4.69, 9.17) is 5.14 Å². The molecule has 8 nitrogen and oxygen atoms in total. The molecular weight excluding hydrogens is 354 g/mol. The summed E-state index contributed by atoms with van der Waals surface area (Å²) >= 11 is 0. The summed E-state index contributed by atoms with van der Waals surface area (Å²) < 4.78 is 24.1. The molecule has 3 rings (SSSR count). The van der Waals surface area contributed by atoms with E-state index in [1.807, 2.05) is 6.07 Å². The third kappa shape index (κ3) is 3.79. The number of rotatable bonds is 5. The van der Waals surface area contributed by atoms with E-state index in [0.29, 0.717) is 17.1 Å². The van der Waals surface area contributed by atoms with Crippen LogP contribution in [0.4, 0.5) is 0 Å². The van der Waals surface area contributed by atoms with Crippen LogP contribution in [0.5, 0.6) is 0 Å². The smallest absolute Gasteiger partial charge is 0.255 e. The third-order valence-electron chi connectivity index (χ3n) is 3.83. The van der Waals surface area contributed by atoms with Crippen molar-refractivity contribution in [2.24, 2.45) is 5.14 Å². The quantitative estimate of drug-likeness (QED) is 0.697. The van der Waals surface area contributed by atoms with Crippen molar-refractivity contribution in [1.29, 1.82) is 0 Å². The normalized spacial score (nSPS) is 11.3. The van der Waals surface area contributed by atoms with Gasteiger partial charge in [-0.15, -0.1) is 0 Å². The van der Waals surface area contributed by atoms with Crippen LogP contribution in [0.2, 0.25) is 0 Å². The zero-order valence-electron chi connectivity index (χ0n) is 14.0. The molecule has 0 fully saturated rings. The molecule has 2 aromatic heterocycles. The van der Waals surface area contributed by atoms with Gasteiger partial charge in [0.25, 0.3) is 5.91 Å². The lowest BCUT2D eigenvalue weighted by atomic mass is 10.2. The highest BCUT2D eigenvalue weighted by atomic mass is 32.2. The van der Waals surface area contributed by atoms with Crippen LogP contribution in [0, 0.1) is 6.92 Å². The van der Waals surface area contributed by atoms with E-state index in [2.05, 4.69) is 15.4 Å². The summed E-state index contributed by atoms with van der Waals surface area (Å²) in [5.41, 5.74) is 1.86. The number of aromatic nitrogens is 3. The van der Waals surface area contributed by atoms with Crippen molar-refractivity contribution in [3.63, 3.8) is 0 Å².